The van der Waals surface area contributed by atoms with Gasteiger partial charge in [0.15, 0.2) is 5.82 Å². The Morgan fingerprint density at radius 3 is 2.79 bits per heavy atom. The van der Waals surface area contributed by atoms with Gasteiger partial charge in [0, 0.05) is 17.8 Å². The van der Waals surface area contributed by atoms with Crippen molar-refractivity contribution in [1.82, 2.24) is 20.2 Å². The van der Waals surface area contributed by atoms with E-state index in [4.69, 9.17) is 5.73 Å². The third-order valence-corrected chi connectivity index (χ3v) is 3.21. The highest BCUT2D eigenvalue weighted by atomic mass is 15.5. The second-order valence-electron chi connectivity index (χ2n) is 5.33. The van der Waals surface area contributed by atoms with Crippen LogP contribution in [-0.4, -0.2) is 20.2 Å². The van der Waals surface area contributed by atoms with Gasteiger partial charge in [0.2, 0.25) is 0 Å². The zero-order valence-electron chi connectivity index (χ0n) is 11.8. The summed E-state index contributed by atoms with van der Waals surface area (Å²) in [6.45, 7) is 7.29. The molecule has 5 nitrogen and oxygen atoms in total. The van der Waals surface area contributed by atoms with Crippen LogP contribution >= 0.6 is 0 Å². The van der Waals surface area contributed by atoms with Crippen molar-refractivity contribution < 1.29 is 0 Å². The van der Waals surface area contributed by atoms with Crippen LogP contribution in [0.5, 0.6) is 0 Å². The van der Waals surface area contributed by atoms with Gasteiger partial charge in [-0.05, 0) is 59.9 Å². The number of aryl methyl sites for hydroxylation is 2. The smallest absolute Gasteiger partial charge is 0.182 e. The van der Waals surface area contributed by atoms with Gasteiger partial charge in [0.1, 0.15) is 0 Å². The maximum Gasteiger partial charge on any atom is 0.182 e. The topological polar surface area (TPSA) is 69.6 Å². The number of rotatable bonds is 5. The number of nitrogens with two attached hydrogens (primary N) is 1. The minimum atomic E-state index is 0.707. The first-order valence-electron chi connectivity index (χ1n) is 6.70. The Kier molecular flexibility index (Phi) is 4.14. The Bertz CT molecular complexity index is 545. The Balaban J connectivity index is 2.16. The van der Waals surface area contributed by atoms with Gasteiger partial charge in [-0.25, -0.2) is 4.68 Å². The maximum atomic E-state index is 5.84. The fourth-order valence-electron chi connectivity index (χ4n) is 2.03. The minimum absolute atomic E-state index is 0.707. The number of nitrogens with zero attached hydrogens (tertiary/aromatic N) is 4. The molecule has 0 atom stereocenters. The molecule has 0 amide bonds. The average molecular weight is 259 g/mol. The second-order valence-corrected chi connectivity index (χ2v) is 5.33. The van der Waals surface area contributed by atoms with Crippen molar-refractivity contribution in [1.29, 1.82) is 0 Å². The molecule has 19 heavy (non-hydrogen) atoms. The Morgan fingerprint density at radius 1 is 1.32 bits per heavy atom. The summed E-state index contributed by atoms with van der Waals surface area (Å²) >= 11 is 0. The van der Waals surface area contributed by atoms with Gasteiger partial charge in [0.25, 0.3) is 0 Å². The molecule has 0 aliphatic carbocycles. The monoisotopic (exact) mass is 259 g/mol. The molecule has 0 radical (unpaired) electrons. The van der Waals surface area contributed by atoms with Crippen LogP contribution < -0.4 is 5.73 Å². The summed E-state index contributed by atoms with van der Waals surface area (Å²) in [6.07, 6.45) is 2.27. The van der Waals surface area contributed by atoms with Crippen LogP contribution in [0.2, 0.25) is 0 Å². The number of hydrogen-bond acceptors (Lipinski definition) is 4. The summed E-state index contributed by atoms with van der Waals surface area (Å²) in [6, 6.07) is 5.89. The molecule has 2 aromatic rings. The molecule has 0 spiro atoms. The fourth-order valence-corrected chi connectivity index (χ4v) is 2.03. The SMILES string of the molecule is Cc1cc(-c2nnnn2CCCC(C)C)ccc1N. The Morgan fingerprint density at radius 2 is 2.11 bits per heavy atom. The van der Waals surface area contributed by atoms with E-state index in [1.54, 1.807) is 0 Å². The number of aromatic nitrogens is 4. The van der Waals surface area contributed by atoms with E-state index in [0.717, 1.165) is 35.6 Å². The van der Waals surface area contributed by atoms with Gasteiger partial charge in [0.05, 0.1) is 0 Å². The molecular formula is C14H21N5. The lowest BCUT2D eigenvalue weighted by molar-refractivity contribution is 0.485. The zero-order valence-corrected chi connectivity index (χ0v) is 11.8. The van der Waals surface area contributed by atoms with E-state index in [-0.39, 0.29) is 0 Å². The molecule has 0 aliphatic heterocycles. The highest BCUT2D eigenvalue weighted by Crippen LogP contribution is 2.21. The molecular weight excluding hydrogens is 238 g/mol. The van der Waals surface area contributed by atoms with Crippen LogP contribution in [0, 0.1) is 12.8 Å². The second kappa shape index (κ2) is 5.82. The van der Waals surface area contributed by atoms with Crippen molar-refractivity contribution in [3.63, 3.8) is 0 Å². The Labute approximate surface area is 113 Å². The Hall–Kier alpha value is -1.91. The van der Waals surface area contributed by atoms with Crippen molar-refractivity contribution in [2.24, 2.45) is 5.92 Å². The maximum absolute atomic E-state index is 5.84. The van der Waals surface area contributed by atoms with Crippen LogP contribution in [0.3, 0.4) is 0 Å². The summed E-state index contributed by atoms with van der Waals surface area (Å²) in [4.78, 5) is 0. The van der Waals surface area contributed by atoms with E-state index in [2.05, 4.69) is 29.4 Å². The van der Waals surface area contributed by atoms with Gasteiger partial charge >= 0.3 is 0 Å². The van der Waals surface area contributed by atoms with Crippen LogP contribution in [0.4, 0.5) is 5.69 Å². The molecule has 102 valence electrons. The van der Waals surface area contributed by atoms with Crippen LogP contribution in [-0.2, 0) is 6.54 Å². The highest BCUT2D eigenvalue weighted by molar-refractivity contribution is 5.61. The summed E-state index contributed by atoms with van der Waals surface area (Å²) in [5.74, 6) is 1.52. The first kappa shape index (κ1) is 13.5. The molecule has 0 fully saturated rings. The summed E-state index contributed by atoms with van der Waals surface area (Å²) < 4.78 is 1.87. The normalized spacial score (nSPS) is 11.2. The van der Waals surface area contributed by atoms with E-state index in [0.29, 0.717) is 5.92 Å². The van der Waals surface area contributed by atoms with Crippen LogP contribution in [0.25, 0.3) is 11.4 Å². The number of tetrazole rings is 1. The van der Waals surface area contributed by atoms with Gasteiger partial charge in [-0.2, -0.15) is 0 Å². The molecule has 1 aromatic carbocycles. The van der Waals surface area contributed by atoms with Crippen molar-refractivity contribution in [3.05, 3.63) is 23.8 Å². The number of benzene rings is 1. The third-order valence-electron chi connectivity index (χ3n) is 3.21. The van der Waals surface area contributed by atoms with E-state index in [9.17, 15) is 0 Å². The van der Waals surface area contributed by atoms with E-state index < -0.39 is 0 Å². The van der Waals surface area contributed by atoms with E-state index in [1.165, 1.54) is 6.42 Å². The lowest BCUT2D eigenvalue weighted by atomic mass is 10.1. The molecule has 0 saturated heterocycles. The fraction of sp³-hybridized carbons (Fsp3) is 0.500. The summed E-state index contributed by atoms with van der Waals surface area (Å²) in [5.41, 5.74) is 8.69. The van der Waals surface area contributed by atoms with Gasteiger partial charge in [-0.15, -0.1) is 5.10 Å². The van der Waals surface area contributed by atoms with Gasteiger partial charge in [-0.1, -0.05) is 13.8 Å². The molecule has 1 heterocycles. The van der Waals surface area contributed by atoms with E-state index >= 15 is 0 Å². The lowest BCUT2D eigenvalue weighted by Gasteiger charge is -2.07. The van der Waals surface area contributed by atoms with Gasteiger partial charge < -0.3 is 5.73 Å². The third kappa shape index (κ3) is 3.30. The van der Waals surface area contributed by atoms with Gasteiger partial charge in [-0.3, -0.25) is 0 Å². The molecule has 5 heteroatoms. The zero-order chi connectivity index (χ0) is 13.8. The summed E-state index contributed by atoms with van der Waals surface area (Å²) in [5, 5.41) is 12.0. The van der Waals surface area contributed by atoms with Crippen molar-refractivity contribution in [2.75, 3.05) is 5.73 Å². The minimum Gasteiger partial charge on any atom is -0.399 e. The average Bonchev–Trinajstić information content (AvgIpc) is 2.80. The van der Waals surface area contributed by atoms with E-state index in [1.807, 2.05) is 29.8 Å². The predicted molar refractivity (Wildman–Crippen MR) is 76.5 cm³/mol. The first-order valence-corrected chi connectivity index (χ1v) is 6.70. The number of anilines is 1. The standard InChI is InChI=1S/C14H21N5/c1-10(2)5-4-8-19-14(16-17-18-19)12-6-7-13(15)11(3)9-12/h6-7,9-10H,4-5,8,15H2,1-3H3. The van der Waals surface area contributed by atoms with Crippen LogP contribution in [0.1, 0.15) is 32.3 Å². The summed E-state index contributed by atoms with van der Waals surface area (Å²) in [7, 11) is 0. The molecule has 0 bridgehead atoms. The molecule has 0 unspecified atom stereocenters. The number of nitrogen functional groups attached to an aromatic ring is 1. The molecule has 0 saturated carbocycles. The quantitative estimate of drug-likeness (QED) is 0.838. The first-order chi connectivity index (χ1) is 9.08. The molecule has 2 rings (SSSR count). The van der Waals surface area contributed by atoms with Crippen molar-refractivity contribution in [3.8, 4) is 11.4 Å². The van der Waals surface area contributed by atoms with Crippen molar-refractivity contribution >= 4 is 5.69 Å². The molecule has 2 N–H and O–H groups in total. The number of hydrogen-bond donors (Lipinski definition) is 1. The largest absolute Gasteiger partial charge is 0.399 e. The highest BCUT2D eigenvalue weighted by Gasteiger charge is 2.09. The molecule has 1 aromatic heterocycles. The predicted octanol–water partition coefficient (Wildman–Crippen LogP) is 2.67. The lowest BCUT2D eigenvalue weighted by Crippen LogP contribution is -2.04. The molecule has 0 aliphatic rings. The van der Waals surface area contributed by atoms with Crippen molar-refractivity contribution in [2.45, 2.75) is 40.2 Å². The van der Waals surface area contributed by atoms with Crippen LogP contribution in [0.15, 0.2) is 18.2 Å².